The van der Waals surface area contributed by atoms with Crippen LogP contribution in [0.4, 0.5) is 5.82 Å². The average molecular weight is 672 g/mol. The fourth-order valence-corrected chi connectivity index (χ4v) is 6.88. The van der Waals surface area contributed by atoms with Crippen LogP contribution in [-0.2, 0) is 46.1 Å². The molecule has 16 heteroatoms. The van der Waals surface area contributed by atoms with Crippen molar-refractivity contribution >= 4 is 48.2 Å². The van der Waals surface area contributed by atoms with Crippen molar-refractivity contribution in [3.05, 3.63) is 83.4 Å². The highest BCUT2D eigenvalue weighted by molar-refractivity contribution is 7.54. The number of hydrogen-bond acceptors (Lipinski definition) is 11. The van der Waals surface area contributed by atoms with Crippen LogP contribution in [0.25, 0.3) is 11.2 Å². The summed E-state index contributed by atoms with van der Waals surface area (Å²) in [6, 6.07) is 16.2. The van der Waals surface area contributed by atoms with Gasteiger partial charge in [0.25, 0.3) is 0 Å². The SMILES string of the molecule is CC(NP(=O)(N[C@@H](C)C(=O)OCc1ccccc1)OCC1CCC(n2c(Cl)nc3c(N)ncnc32)O1)C(=O)OCc1ccccc1. The van der Waals surface area contributed by atoms with Crippen LogP contribution in [-0.4, -0.2) is 56.3 Å². The number of imidazole rings is 1. The molecule has 14 nitrogen and oxygen atoms in total. The van der Waals surface area contributed by atoms with E-state index in [0.29, 0.717) is 24.0 Å². The number of nitrogens with one attached hydrogen (secondary N) is 2. The summed E-state index contributed by atoms with van der Waals surface area (Å²) in [7, 11) is -4.08. The zero-order valence-electron chi connectivity index (χ0n) is 25.2. The molecule has 5 rings (SSSR count). The number of nitrogen functional groups attached to an aromatic ring is 1. The number of halogens is 1. The van der Waals surface area contributed by atoms with Gasteiger partial charge in [-0.25, -0.2) is 25.1 Å². The molecule has 3 heterocycles. The van der Waals surface area contributed by atoms with Gasteiger partial charge in [-0.05, 0) is 49.4 Å². The maximum absolute atomic E-state index is 14.1. The Kier molecular flexibility index (Phi) is 11.0. The normalized spacial score (nSPS) is 18.9. The number of hydrogen-bond donors (Lipinski definition) is 3. The largest absolute Gasteiger partial charge is 0.460 e. The van der Waals surface area contributed by atoms with Crippen molar-refractivity contribution in [1.29, 1.82) is 0 Å². The van der Waals surface area contributed by atoms with E-state index in [0.717, 1.165) is 11.1 Å². The Bertz CT molecular complexity index is 1630. The topological polar surface area (TPSA) is 182 Å². The summed E-state index contributed by atoms with van der Waals surface area (Å²) < 4.78 is 38.6. The van der Waals surface area contributed by atoms with Gasteiger partial charge in [0.2, 0.25) is 5.28 Å². The van der Waals surface area contributed by atoms with E-state index >= 15 is 0 Å². The van der Waals surface area contributed by atoms with Crippen molar-refractivity contribution in [2.24, 2.45) is 0 Å². The number of esters is 2. The predicted octanol–water partition coefficient (Wildman–Crippen LogP) is 4.31. The molecule has 1 saturated heterocycles. The molecule has 1 aliphatic rings. The number of rotatable bonds is 14. The Labute approximate surface area is 270 Å². The predicted molar refractivity (Wildman–Crippen MR) is 169 cm³/mol. The molecule has 0 bridgehead atoms. The summed E-state index contributed by atoms with van der Waals surface area (Å²) in [5.74, 6) is -1.13. The Morgan fingerprint density at radius 3 is 2.11 bits per heavy atom. The molecule has 1 aliphatic heterocycles. The Hall–Kier alpha value is -3.91. The van der Waals surface area contributed by atoms with Crippen LogP contribution >= 0.6 is 19.3 Å². The lowest BCUT2D eigenvalue weighted by atomic mass is 10.2. The van der Waals surface area contributed by atoms with Crippen LogP contribution in [0, 0.1) is 0 Å². The number of carbonyl (C=O) groups is 2. The number of fused-ring (bicyclic) bond motifs is 1. The molecule has 0 radical (unpaired) electrons. The van der Waals surface area contributed by atoms with Gasteiger partial charge >= 0.3 is 19.6 Å². The fraction of sp³-hybridized carbons (Fsp3) is 0.367. The molecule has 244 valence electrons. The van der Waals surface area contributed by atoms with Gasteiger partial charge in [0.1, 0.15) is 37.9 Å². The Morgan fingerprint density at radius 2 is 1.54 bits per heavy atom. The van der Waals surface area contributed by atoms with Crippen molar-refractivity contribution < 1.29 is 32.9 Å². The zero-order chi connectivity index (χ0) is 32.7. The van der Waals surface area contributed by atoms with Gasteiger partial charge in [0.15, 0.2) is 17.0 Å². The molecule has 46 heavy (non-hydrogen) atoms. The minimum Gasteiger partial charge on any atom is -0.460 e. The van der Waals surface area contributed by atoms with E-state index in [1.165, 1.54) is 20.2 Å². The lowest BCUT2D eigenvalue weighted by Crippen LogP contribution is -2.42. The maximum atomic E-state index is 14.1. The van der Waals surface area contributed by atoms with Crippen molar-refractivity contribution in [3.63, 3.8) is 0 Å². The van der Waals surface area contributed by atoms with Gasteiger partial charge in [0, 0.05) is 0 Å². The van der Waals surface area contributed by atoms with Crippen LogP contribution in [0.15, 0.2) is 67.0 Å². The van der Waals surface area contributed by atoms with Gasteiger partial charge in [-0.3, -0.25) is 18.7 Å². The number of nitrogens with two attached hydrogens (primary N) is 1. The minimum absolute atomic E-state index is 0.0336. The smallest absolute Gasteiger partial charge is 0.342 e. The number of carbonyl (C=O) groups excluding carboxylic acids is 2. The third-order valence-corrected chi connectivity index (χ3v) is 9.39. The standard InChI is InChI=1S/C30H35ClN7O7P/c1-19(28(39)42-15-21-9-5-3-6-10-21)36-46(41,37-20(2)29(40)43-16-22-11-7-4-8-12-22)44-17-23-13-14-24(45-23)38-27-25(35-30(38)31)26(32)33-18-34-27/h3-12,18-20,23-24H,13-17H2,1-2H3,(H2,32,33,34)(H2,36,37,41)/t19-,20?,23?,24?,46?/m0/s1. The molecule has 1 fully saturated rings. The van der Waals surface area contributed by atoms with Gasteiger partial charge < -0.3 is 24.5 Å². The van der Waals surface area contributed by atoms with E-state index in [9.17, 15) is 14.2 Å². The van der Waals surface area contributed by atoms with Crippen molar-refractivity contribution in [2.75, 3.05) is 12.3 Å². The first-order valence-electron chi connectivity index (χ1n) is 14.6. The lowest BCUT2D eigenvalue weighted by molar-refractivity contribution is -0.147. The maximum Gasteiger partial charge on any atom is 0.342 e. The summed E-state index contributed by atoms with van der Waals surface area (Å²) in [5.41, 5.74) is 8.29. The Balaban J connectivity index is 1.24. The molecule has 0 aliphatic carbocycles. The van der Waals surface area contributed by atoms with Crippen molar-refractivity contribution in [3.8, 4) is 0 Å². The van der Waals surface area contributed by atoms with Gasteiger partial charge in [-0.2, -0.15) is 0 Å². The van der Waals surface area contributed by atoms with E-state index in [4.69, 9.17) is 36.1 Å². The summed E-state index contributed by atoms with van der Waals surface area (Å²) in [6.45, 7) is 2.90. The van der Waals surface area contributed by atoms with Crippen LogP contribution in [0.2, 0.25) is 5.28 Å². The van der Waals surface area contributed by atoms with E-state index in [-0.39, 0.29) is 30.9 Å². The first kappa shape index (κ1) is 33.5. The molecule has 0 spiro atoms. The minimum atomic E-state index is -4.08. The van der Waals surface area contributed by atoms with Crippen LogP contribution in [0.3, 0.4) is 0 Å². The molecule has 2 aromatic carbocycles. The number of nitrogens with zero attached hydrogens (tertiary/aromatic N) is 4. The highest BCUT2D eigenvalue weighted by Crippen LogP contribution is 2.41. The second kappa shape index (κ2) is 15.1. The molecule has 4 unspecified atom stereocenters. The molecule has 4 aromatic rings. The van der Waals surface area contributed by atoms with Crippen LogP contribution in [0.5, 0.6) is 0 Å². The highest BCUT2D eigenvalue weighted by Gasteiger charge is 2.36. The number of benzene rings is 2. The van der Waals surface area contributed by atoms with Gasteiger partial charge in [-0.1, -0.05) is 60.7 Å². The molecular formula is C30H35ClN7O7P. The summed E-state index contributed by atoms with van der Waals surface area (Å²) in [5, 5.41) is 5.55. The number of ether oxygens (including phenoxy) is 3. The molecule has 0 amide bonds. The lowest BCUT2D eigenvalue weighted by Gasteiger charge is -2.27. The van der Waals surface area contributed by atoms with Crippen LogP contribution < -0.4 is 15.9 Å². The number of aromatic nitrogens is 4. The van der Waals surface area contributed by atoms with Crippen molar-refractivity contribution in [2.45, 2.75) is 64.3 Å². The zero-order valence-corrected chi connectivity index (χ0v) is 26.9. The van der Waals surface area contributed by atoms with Gasteiger partial charge in [0.05, 0.1) is 12.7 Å². The number of anilines is 1. The summed E-state index contributed by atoms with van der Waals surface area (Å²) >= 11 is 6.39. The molecule has 4 N–H and O–H groups in total. The summed E-state index contributed by atoms with van der Waals surface area (Å²) in [6.07, 6.45) is 1.30. The second-order valence-corrected chi connectivity index (χ2v) is 12.9. The third-order valence-electron chi connectivity index (χ3n) is 7.16. The molecule has 2 aromatic heterocycles. The van der Waals surface area contributed by atoms with E-state index < -0.39 is 44.0 Å². The quantitative estimate of drug-likeness (QED) is 0.0981. The van der Waals surface area contributed by atoms with Crippen LogP contribution in [0.1, 0.15) is 44.0 Å². The van der Waals surface area contributed by atoms with E-state index in [2.05, 4.69) is 25.1 Å². The van der Waals surface area contributed by atoms with E-state index in [1.807, 2.05) is 60.7 Å². The highest BCUT2D eigenvalue weighted by atomic mass is 35.5. The molecule has 0 saturated carbocycles. The second-order valence-electron chi connectivity index (χ2n) is 10.7. The first-order chi connectivity index (χ1) is 22.1. The van der Waals surface area contributed by atoms with E-state index in [1.54, 1.807) is 4.57 Å². The fourth-order valence-electron chi connectivity index (χ4n) is 4.78. The Morgan fingerprint density at radius 1 is 0.978 bits per heavy atom. The summed E-state index contributed by atoms with van der Waals surface area (Å²) in [4.78, 5) is 38.1. The molecular weight excluding hydrogens is 637 g/mol. The van der Waals surface area contributed by atoms with Crippen molar-refractivity contribution in [1.82, 2.24) is 29.7 Å². The molecule has 5 atom stereocenters. The third kappa shape index (κ3) is 8.46. The monoisotopic (exact) mass is 671 g/mol. The van der Waals surface area contributed by atoms with Gasteiger partial charge in [-0.15, -0.1) is 0 Å². The first-order valence-corrected chi connectivity index (χ1v) is 16.6. The average Bonchev–Trinajstić information content (AvgIpc) is 3.66.